The number of para-hydroxylation sites is 1. The number of hydrogen-bond donors (Lipinski definition) is 2. The van der Waals surface area contributed by atoms with Crippen molar-refractivity contribution in [1.82, 2.24) is 10.2 Å². The minimum atomic E-state index is -0.112. The van der Waals surface area contributed by atoms with Crippen molar-refractivity contribution in [2.24, 2.45) is 4.99 Å². The minimum absolute atomic E-state index is 0. The molecule has 2 aromatic carbocycles. The third-order valence-corrected chi connectivity index (χ3v) is 3.90. The van der Waals surface area contributed by atoms with Crippen LogP contribution in [0.3, 0.4) is 0 Å². The molecule has 25 heavy (non-hydrogen) atoms. The van der Waals surface area contributed by atoms with Crippen LogP contribution in [0, 0.1) is 0 Å². The molecule has 0 aliphatic heterocycles. The summed E-state index contributed by atoms with van der Waals surface area (Å²) in [4.78, 5) is 18.2. The first kappa shape index (κ1) is 21.4. The second-order valence-corrected chi connectivity index (χ2v) is 6.21. The summed E-state index contributed by atoms with van der Waals surface area (Å²) in [6.45, 7) is 0.861. The normalized spacial score (nSPS) is 10.6. The largest absolute Gasteiger partial charge is 0.347 e. The molecule has 0 fully saturated rings. The van der Waals surface area contributed by atoms with Crippen LogP contribution in [-0.2, 0) is 11.3 Å². The van der Waals surface area contributed by atoms with Gasteiger partial charge in [-0.05, 0) is 29.8 Å². The van der Waals surface area contributed by atoms with Gasteiger partial charge in [0.2, 0.25) is 5.91 Å². The van der Waals surface area contributed by atoms with Gasteiger partial charge < -0.3 is 15.5 Å². The van der Waals surface area contributed by atoms with Gasteiger partial charge in [-0.3, -0.25) is 9.79 Å². The third-order valence-electron chi connectivity index (χ3n) is 3.37. The van der Waals surface area contributed by atoms with E-state index >= 15 is 0 Å². The summed E-state index contributed by atoms with van der Waals surface area (Å²) < 4.78 is 1.05. The van der Waals surface area contributed by atoms with E-state index in [1.54, 1.807) is 7.05 Å². The molecule has 7 heteroatoms. The van der Waals surface area contributed by atoms with Crippen molar-refractivity contribution in [3.63, 3.8) is 0 Å². The fourth-order valence-electron chi connectivity index (χ4n) is 2.21. The van der Waals surface area contributed by atoms with Crippen LogP contribution in [0.2, 0.25) is 0 Å². The molecule has 0 bridgehead atoms. The number of amides is 1. The average molecular weight is 517 g/mol. The van der Waals surface area contributed by atoms with E-state index in [0.717, 1.165) is 15.7 Å². The van der Waals surface area contributed by atoms with Gasteiger partial charge in [-0.1, -0.05) is 46.3 Å². The van der Waals surface area contributed by atoms with Crippen LogP contribution in [0.4, 0.5) is 5.69 Å². The van der Waals surface area contributed by atoms with E-state index in [1.165, 1.54) is 0 Å². The molecule has 0 atom stereocenters. The molecule has 0 spiro atoms. The fourth-order valence-corrected chi connectivity index (χ4v) is 2.47. The summed E-state index contributed by atoms with van der Waals surface area (Å²) >= 11 is 3.43. The molecule has 0 radical (unpaired) electrons. The number of rotatable bonds is 5. The topological polar surface area (TPSA) is 56.7 Å². The Hall–Kier alpha value is -1.61. The monoisotopic (exact) mass is 516 g/mol. The quantitative estimate of drug-likeness (QED) is 0.362. The highest BCUT2D eigenvalue weighted by molar-refractivity contribution is 14.0. The zero-order valence-electron chi connectivity index (χ0n) is 14.2. The van der Waals surface area contributed by atoms with Gasteiger partial charge in [0, 0.05) is 30.8 Å². The number of anilines is 1. The number of carbonyl (C=O) groups is 1. The second kappa shape index (κ2) is 11.1. The molecular weight excluding hydrogens is 495 g/mol. The van der Waals surface area contributed by atoms with Crippen molar-refractivity contribution in [1.29, 1.82) is 0 Å². The van der Waals surface area contributed by atoms with Crippen molar-refractivity contribution >= 4 is 57.5 Å². The summed E-state index contributed by atoms with van der Waals surface area (Å²) in [5, 5.41) is 5.91. The van der Waals surface area contributed by atoms with Gasteiger partial charge in [0.15, 0.2) is 5.96 Å². The number of nitrogens with zero attached hydrogens (tertiary/aromatic N) is 2. The van der Waals surface area contributed by atoms with Gasteiger partial charge in [-0.25, -0.2) is 0 Å². The van der Waals surface area contributed by atoms with E-state index in [4.69, 9.17) is 0 Å². The Bertz CT molecular complexity index is 692. The summed E-state index contributed by atoms with van der Waals surface area (Å²) in [5.41, 5.74) is 1.94. The summed E-state index contributed by atoms with van der Waals surface area (Å²) in [6.07, 6.45) is 0. The van der Waals surface area contributed by atoms with Gasteiger partial charge in [-0.2, -0.15) is 0 Å². The van der Waals surface area contributed by atoms with Crippen LogP contribution in [0.5, 0.6) is 0 Å². The Kier molecular flexibility index (Phi) is 9.51. The maximum atomic E-state index is 12.0. The standard InChI is InChI=1S/C18H21BrN4O.HI/c1-20-18(23(2)13-14-8-10-15(19)11-9-14)21-12-17(24)22-16-6-4-3-5-7-16;/h3-11H,12-13H2,1-2H3,(H,20,21)(H,22,24);1H. The molecule has 2 N–H and O–H groups in total. The molecule has 0 saturated carbocycles. The smallest absolute Gasteiger partial charge is 0.243 e. The number of aliphatic imine (C=N–C) groups is 1. The number of benzene rings is 2. The lowest BCUT2D eigenvalue weighted by molar-refractivity contribution is -0.115. The maximum absolute atomic E-state index is 12.0. The maximum Gasteiger partial charge on any atom is 0.243 e. The first-order chi connectivity index (χ1) is 11.6. The molecule has 1 amide bonds. The Morgan fingerprint density at radius 3 is 2.36 bits per heavy atom. The van der Waals surface area contributed by atoms with Gasteiger partial charge in [0.05, 0.1) is 6.54 Å². The molecule has 134 valence electrons. The van der Waals surface area contributed by atoms with Crippen LogP contribution in [0.1, 0.15) is 5.56 Å². The predicted molar refractivity (Wildman–Crippen MR) is 117 cm³/mol. The molecule has 2 aromatic rings. The zero-order valence-corrected chi connectivity index (χ0v) is 18.1. The first-order valence-electron chi connectivity index (χ1n) is 7.59. The van der Waals surface area contributed by atoms with Crippen LogP contribution >= 0.6 is 39.9 Å². The average Bonchev–Trinajstić information content (AvgIpc) is 2.58. The molecular formula is C18H22BrIN4O. The van der Waals surface area contributed by atoms with E-state index in [1.807, 2.05) is 54.4 Å². The van der Waals surface area contributed by atoms with E-state index in [0.29, 0.717) is 12.5 Å². The predicted octanol–water partition coefficient (Wildman–Crippen LogP) is 3.71. The minimum Gasteiger partial charge on any atom is -0.347 e. The van der Waals surface area contributed by atoms with Crippen molar-refractivity contribution in [2.75, 3.05) is 26.0 Å². The number of halogens is 2. The number of carbonyl (C=O) groups excluding carboxylic acids is 1. The van der Waals surface area contributed by atoms with Crippen LogP contribution in [0.15, 0.2) is 64.1 Å². The van der Waals surface area contributed by atoms with E-state index in [2.05, 4.69) is 43.7 Å². The first-order valence-corrected chi connectivity index (χ1v) is 8.39. The SMILES string of the molecule is CN=C(NCC(=O)Nc1ccccc1)N(C)Cc1ccc(Br)cc1.I. The van der Waals surface area contributed by atoms with Gasteiger partial charge in [0.25, 0.3) is 0 Å². The summed E-state index contributed by atoms with van der Waals surface area (Å²) in [6, 6.07) is 17.5. The molecule has 2 rings (SSSR count). The molecule has 0 saturated heterocycles. The molecule has 0 unspecified atom stereocenters. The van der Waals surface area contributed by atoms with E-state index in [9.17, 15) is 4.79 Å². The van der Waals surface area contributed by atoms with Gasteiger partial charge in [0.1, 0.15) is 0 Å². The number of guanidine groups is 1. The Morgan fingerprint density at radius 1 is 1.12 bits per heavy atom. The zero-order chi connectivity index (χ0) is 17.4. The van der Waals surface area contributed by atoms with Crippen molar-refractivity contribution in [2.45, 2.75) is 6.54 Å². The molecule has 5 nitrogen and oxygen atoms in total. The van der Waals surface area contributed by atoms with E-state index in [-0.39, 0.29) is 36.4 Å². The lowest BCUT2D eigenvalue weighted by Gasteiger charge is -2.22. The summed E-state index contributed by atoms with van der Waals surface area (Å²) in [5.74, 6) is 0.556. The lowest BCUT2D eigenvalue weighted by atomic mass is 10.2. The molecule has 0 heterocycles. The molecule has 0 aliphatic rings. The van der Waals surface area contributed by atoms with Crippen molar-refractivity contribution in [3.8, 4) is 0 Å². The molecule has 0 aliphatic carbocycles. The van der Waals surface area contributed by atoms with E-state index < -0.39 is 0 Å². The second-order valence-electron chi connectivity index (χ2n) is 5.30. The van der Waals surface area contributed by atoms with Crippen LogP contribution < -0.4 is 10.6 Å². The van der Waals surface area contributed by atoms with Crippen molar-refractivity contribution < 1.29 is 4.79 Å². The fraction of sp³-hybridized carbons (Fsp3) is 0.222. The Labute approximate surface area is 174 Å². The van der Waals surface area contributed by atoms with Crippen molar-refractivity contribution in [3.05, 3.63) is 64.6 Å². The highest BCUT2D eigenvalue weighted by Crippen LogP contribution is 2.11. The third kappa shape index (κ3) is 7.43. The summed E-state index contributed by atoms with van der Waals surface area (Å²) in [7, 11) is 3.64. The van der Waals surface area contributed by atoms with Crippen LogP contribution in [0.25, 0.3) is 0 Å². The highest BCUT2D eigenvalue weighted by atomic mass is 127. The number of nitrogens with one attached hydrogen (secondary N) is 2. The van der Waals surface area contributed by atoms with Gasteiger partial charge >= 0.3 is 0 Å². The molecule has 0 aromatic heterocycles. The highest BCUT2D eigenvalue weighted by Gasteiger charge is 2.09. The lowest BCUT2D eigenvalue weighted by Crippen LogP contribution is -2.42. The number of hydrogen-bond acceptors (Lipinski definition) is 2. The Morgan fingerprint density at radius 2 is 1.76 bits per heavy atom. The Balaban J connectivity index is 0.00000312. The van der Waals surface area contributed by atoms with Gasteiger partial charge in [-0.15, -0.1) is 24.0 Å². The van der Waals surface area contributed by atoms with Crippen LogP contribution in [-0.4, -0.2) is 37.4 Å².